The molecule has 0 aliphatic carbocycles. The summed E-state index contributed by atoms with van der Waals surface area (Å²) in [5.41, 5.74) is 5.71. The summed E-state index contributed by atoms with van der Waals surface area (Å²) in [6.45, 7) is 1.74. The van der Waals surface area contributed by atoms with Crippen molar-refractivity contribution in [2.24, 2.45) is 0 Å². The Bertz CT molecular complexity index is 685. The number of thioether (sulfide) groups is 1. The second-order valence-corrected chi connectivity index (χ2v) is 5.87. The van der Waals surface area contributed by atoms with Crippen LogP contribution in [0.25, 0.3) is 0 Å². The normalized spacial score (nSPS) is 12.1. The van der Waals surface area contributed by atoms with Crippen molar-refractivity contribution in [2.75, 3.05) is 5.73 Å². The molecule has 20 heavy (non-hydrogen) atoms. The summed E-state index contributed by atoms with van der Waals surface area (Å²) in [6.07, 6.45) is 0. The number of aromatic amines is 1. The first-order valence-corrected chi connectivity index (χ1v) is 7.05. The zero-order valence-electron chi connectivity index (χ0n) is 10.6. The second-order valence-electron chi connectivity index (χ2n) is 4.11. The first-order valence-electron chi connectivity index (χ1n) is 5.79. The van der Waals surface area contributed by atoms with E-state index in [0.29, 0.717) is 15.7 Å². The van der Waals surface area contributed by atoms with Crippen molar-refractivity contribution in [1.82, 2.24) is 9.97 Å². The topological polar surface area (TPSA) is 88.8 Å². The molecule has 0 aliphatic rings. The lowest BCUT2D eigenvalue weighted by Crippen LogP contribution is -2.16. The van der Waals surface area contributed by atoms with Gasteiger partial charge in [0.05, 0.1) is 5.25 Å². The fourth-order valence-corrected chi connectivity index (χ4v) is 2.60. The molecule has 0 aliphatic heterocycles. The molecular weight excluding hydrogens is 298 g/mol. The number of carbonyl (C=O) groups excluding carboxylic acids is 1. The van der Waals surface area contributed by atoms with Gasteiger partial charge in [0.1, 0.15) is 5.82 Å². The van der Waals surface area contributed by atoms with E-state index in [4.69, 9.17) is 17.3 Å². The van der Waals surface area contributed by atoms with Crippen molar-refractivity contribution >= 4 is 35.0 Å². The molecular formula is C13H12ClN3O2S. The lowest BCUT2D eigenvalue weighted by Gasteiger charge is -2.09. The first kappa shape index (κ1) is 14.6. The van der Waals surface area contributed by atoms with Crippen molar-refractivity contribution in [3.63, 3.8) is 0 Å². The Morgan fingerprint density at radius 2 is 2.05 bits per heavy atom. The van der Waals surface area contributed by atoms with Crippen LogP contribution in [0.2, 0.25) is 5.02 Å². The summed E-state index contributed by atoms with van der Waals surface area (Å²) in [6, 6.07) is 7.84. The zero-order chi connectivity index (χ0) is 14.7. The van der Waals surface area contributed by atoms with Crippen LogP contribution in [0.3, 0.4) is 0 Å². The Morgan fingerprint density at radius 1 is 1.40 bits per heavy atom. The fraction of sp³-hybridized carbons (Fsp3) is 0.154. The molecule has 2 aromatic rings. The fourth-order valence-electron chi connectivity index (χ4n) is 1.58. The molecule has 5 nitrogen and oxygen atoms in total. The Balaban J connectivity index is 2.15. The third-order valence-electron chi connectivity index (χ3n) is 2.53. The summed E-state index contributed by atoms with van der Waals surface area (Å²) < 4.78 is 0. The predicted octanol–water partition coefficient (Wildman–Crippen LogP) is 2.37. The maximum atomic E-state index is 12.2. The molecule has 1 aromatic carbocycles. The van der Waals surface area contributed by atoms with Gasteiger partial charge in [-0.1, -0.05) is 23.4 Å². The number of carbonyl (C=O) groups is 1. The highest BCUT2D eigenvalue weighted by atomic mass is 35.5. The zero-order valence-corrected chi connectivity index (χ0v) is 12.2. The molecule has 7 heteroatoms. The van der Waals surface area contributed by atoms with Crippen LogP contribution in [0, 0.1) is 0 Å². The van der Waals surface area contributed by atoms with Gasteiger partial charge in [0.25, 0.3) is 5.56 Å². The number of benzene rings is 1. The Hall–Kier alpha value is -1.79. The third kappa shape index (κ3) is 3.61. The minimum atomic E-state index is -0.402. The Morgan fingerprint density at radius 3 is 2.65 bits per heavy atom. The number of rotatable bonds is 4. The quantitative estimate of drug-likeness (QED) is 0.514. The van der Waals surface area contributed by atoms with Gasteiger partial charge in [0, 0.05) is 16.7 Å². The average molecular weight is 310 g/mol. The van der Waals surface area contributed by atoms with Gasteiger partial charge in [-0.25, -0.2) is 4.98 Å². The van der Waals surface area contributed by atoms with E-state index < -0.39 is 5.25 Å². The van der Waals surface area contributed by atoms with E-state index in [0.717, 1.165) is 11.8 Å². The number of anilines is 1. The maximum Gasteiger partial charge on any atom is 0.253 e. The highest BCUT2D eigenvalue weighted by Gasteiger charge is 2.17. The summed E-state index contributed by atoms with van der Waals surface area (Å²) >= 11 is 6.93. The number of ketones is 1. The molecule has 3 N–H and O–H groups in total. The van der Waals surface area contributed by atoms with Gasteiger partial charge in [-0.05, 0) is 31.2 Å². The van der Waals surface area contributed by atoms with Crippen LogP contribution in [-0.4, -0.2) is 21.0 Å². The first-order chi connectivity index (χ1) is 9.45. The van der Waals surface area contributed by atoms with Crippen molar-refractivity contribution in [3.05, 3.63) is 51.3 Å². The van der Waals surface area contributed by atoms with Crippen LogP contribution in [0.15, 0.2) is 40.3 Å². The van der Waals surface area contributed by atoms with Crippen LogP contribution >= 0.6 is 23.4 Å². The van der Waals surface area contributed by atoms with Crippen LogP contribution in [0.5, 0.6) is 0 Å². The minimum absolute atomic E-state index is 0.0725. The molecule has 0 bridgehead atoms. The molecule has 0 fully saturated rings. The molecule has 2 rings (SSSR count). The van der Waals surface area contributed by atoms with Gasteiger partial charge in [-0.3, -0.25) is 9.59 Å². The molecule has 0 saturated carbocycles. The lowest BCUT2D eigenvalue weighted by atomic mass is 10.1. The smallest absolute Gasteiger partial charge is 0.253 e. The highest BCUT2D eigenvalue weighted by molar-refractivity contribution is 8.00. The molecule has 1 heterocycles. The molecule has 0 radical (unpaired) electrons. The van der Waals surface area contributed by atoms with Crippen LogP contribution < -0.4 is 11.3 Å². The number of aromatic nitrogens is 2. The number of halogens is 1. The number of nitrogen functional groups attached to an aromatic ring is 1. The summed E-state index contributed by atoms with van der Waals surface area (Å²) in [4.78, 5) is 30.0. The number of nitrogens with two attached hydrogens (primary N) is 1. The average Bonchev–Trinajstić information content (AvgIpc) is 2.37. The van der Waals surface area contributed by atoms with E-state index in [9.17, 15) is 9.59 Å². The molecule has 0 unspecified atom stereocenters. The number of hydrogen-bond acceptors (Lipinski definition) is 5. The van der Waals surface area contributed by atoms with Gasteiger partial charge >= 0.3 is 0 Å². The summed E-state index contributed by atoms with van der Waals surface area (Å²) in [5, 5.41) is 0.495. The molecule has 0 saturated heterocycles. The number of Topliss-reactive ketones (excluding diaryl/α,β-unsaturated/α-hetero) is 1. The molecule has 1 aromatic heterocycles. The predicted molar refractivity (Wildman–Crippen MR) is 80.4 cm³/mol. The van der Waals surface area contributed by atoms with Gasteiger partial charge in [0.2, 0.25) is 0 Å². The van der Waals surface area contributed by atoms with E-state index in [-0.39, 0.29) is 17.2 Å². The molecule has 0 amide bonds. The summed E-state index contributed by atoms with van der Waals surface area (Å²) in [7, 11) is 0. The van der Waals surface area contributed by atoms with E-state index in [1.54, 1.807) is 31.2 Å². The third-order valence-corrected chi connectivity index (χ3v) is 3.76. The van der Waals surface area contributed by atoms with E-state index in [1.807, 2.05) is 0 Å². The van der Waals surface area contributed by atoms with Gasteiger partial charge < -0.3 is 10.7 Å². The molecule has 1 atom stereocenters. The Kier molecular flexibility index (Phi) is 4.46. The second kappa shape index (κ2) is 6.11. The van der Waals surface area contributed by atoms with Crippen molar-refractivity contribution in [1.29, 1.82) is 0 Å². The van der Waals surface area contributed by atoms with E-state index in [2.05, 4.69) is 9.97 Å². The maximum absolute atomic E-state index is 12.2. The largest absolute Gasteiger partial charge is 0.383 e. The molecule has 0 spiro atoms. The minimum Gasteiger partial charge on any atom is -0.383 e. The standard InChI is InChI=1S/C13H12ClN3O2S/c1-7(12(19)8-2-4-9(14)5-3-8)20-13-16-10(15)6-11(18)17-13/h2-7H,1H3,(H3,15,16,17,18)/t7-/m0/s1. The number of nitrogens with one attached hydrogen (secondary N) is 1. The monoisotopic (exact) mass is 309 g/mol. The van der Waals surface area contributed by atoms with Gasteiger partial charge in [-0.15, -0.1) is 0 Å². The van der Waals surface area contributed by atoms with Crippen molar-refractivity contribution in [2.45, 2.75) is 17.3 Å². The lowest BCUT2D eigenvalue weighted by molar-refractivity contribution is 0.0994. The van der Waals surface area contributed by atoms with Crippen molar-refractivity contribution in [3.8, 4) is 0 Å². The number of H-pyrrole nitrogens is 1. The Labute approximate surface area is 124 Å². The number of nitrogens with zero attached hydrogens (tertiary/aromatic N) is 1. The van der Waals surface area contributed by atoms with Gasteiger partial charge in [-0.2, -0.15) is 0 Å². The molecule has 104 valence electrons. The van der Waals surface area contributed by atoms with Crippen LogP contribution in [0.4, 0.5) is 5.82 Å². The SMILES string of the molecule is C[C@H](Sc1nc(N)cc(=O)[nH]1)C(=O)c1ccc(Cl)cc1. The van der Waals surface area contributed by atoms with E-state index >= 15 is 0 Å². The van der Waals surface area contributed by atoms with Gasteiger partial charge in [0.15, 0.2) is 10.9 Å². The highest BCUT2D eigenvalue weighted by Crippen LogP contribution is 2.22. The van der Waals surface area contributed by atoms with Crippen LogP contribution in [0.1, 0.15) is 17.3 Å². The summed E-state index contributed by atoms with van der Waals surface area (Å²) in [5.74, 6) is 0.0548. The van der Waals surface area contributed by atoms with E-state index in [1.165, 1.54) is 6.07 Å². The number of hydrogen-bond donors (Lipinski definition) is 2. The van der Waals surface area contributed by atoms with Crippen LogP contribution in [-0.2, 0) is 0 Å². The van der Waals surface area contributed by atoms with Crippen molar-refractivity contribution < 1.29 is 4.79 Å².